The van der Waals surface area contributed by atoms with E-state index in [2.05, 4.69) is 16.9 Å². The molecule has 0 unspecified atom stereocenters. The molecule has 2 aromatic heterocycles. The van der Waals surface area contributed by atoms with Gasteiger partial charge < -0.3 is 5.11 Å². The SMILES string of the molecule is CCCc1nccn1-c1ncc(C(=O)O)cc1Cl. The summed E-state index contributed by atoms with van der Waals surface area (Å²) in [6.07, 6.45) is 6.50. The molecule has 2 rings (SSSR count). The van der Waals surface area contributed by atoms with Crippen molar-refractivity contribution in [1.29, 1.82) is 0 Å². The highest BCUT2D eigenvalue weighted by Gasteiger charge is 2.12. The lowest BCUT2D eigenvalue weighted by Crippen LogP contribution is -2.05. The molecule has 2 aromatic rings. The predicted octanol–water partition coefficient (Wildman–Crippen LogP) is 2.57. The van der Waals surface area contributed by atoms with Crippen molar-refractivity contribution in [3.05, 3.63) is 41.1 Å². The third-order valence-electron chi connectivity index (χ3n) is 2.49. The number of hydrogen-bond donors (Lipinski definition) is 1. The van der Waals surface area contributed by atoms with Gasteiger partial charge in [0.25, 0.3) is 0 Å². The van der Waals surface area contributed by atoms with Crippen molar-refractivity contribution < 1.29 is 9.90 Å². The van der Waals surface area contributed by atoms with E-state index in [0.717, 1.165) is 18.7 Å². The average Bonchev–Trinajstić information content (AvgIpc) is 2.77. The van der Waals surface area contributed by atoms with Crippen LogP contribution in [0, 0.1) is 0 Å². The zero-order valence-electron chi connectivity index (χ0n) is 9.80. The topological polar surface area (TPSA) is 68.0 Å². The van der Waals surface area contributed by atoms with Crippen molar-refractivity contribution >= 4 is 17.6 Å². The number of aromatic carboxylic acids is 1. The van der Waals surface area contributed by atoms with E-state index < -0.39 is 5.97 Å². The van der Waals surface area contributed by atoms with Gasteiger partial charge >= 0.3 is 5.97 Å². The van der Waals surface area contributed by atoms with E-state index in [-0.39, 0.29) is 5.56 Å². The maximum atomic E-state index is 10.8. The lowest BCUT2D eigenvalue weighted by Gasteiger charge is -2.08. The number of nitrogens with zero attached hydrogens (tertiary/aromatic N) is 3. The van der Waals surface area contributed by atoms with Crippen molar-refractivity contribution in [2.75, 3.05) is 0 Å². The molecule has 0 atom stereocenters. The maximum Gasteiger partial charge on any atom is 0.337 e. The van der Waals surface area contributed by atoms with Gasteiger partial charge in [0.15, 0.2) is 5.82 Å². The van der Waals surface area contributed by atoms with Crippen molar-refractivity contribution in [2.24, 2.45) is 0 Å². The monoisotopic (exact) mass is 265 g/mol. The van der Waals surface area contributed by atoms with Crippen molar-refractivity contribution in [2.45, 2.75) is 19.8 Å². The van der Waals surface area contributed by atoms with Crippen LogP contribution in [0.25, 0.3) is 5.82 Å². The van der Waals surface area contributed by atoms with Gasteiger partial charge in [-0.15, -0.1) is 0 Å². The second kappa shape index (κ2) is 5.18. The summed E-state index contributed by atoms with van der Waals surface area (Å²) >= 11 is 6.06. The maximum absolute atomic E-state index is 10.8. The molecule has 18 heavy (non-hydrogen) atoms. The molecule has 0 aliphatic heterocycles. The third kappa shape index (κ3) is 2.36. The third-order valence-corrected chi connectivity index (χ3v) is 2.77. The first-order chi connectivity index (χ1) is 8.63. The molecular formula is C12H12ClN3O2. The lowest BCUT2D eigenvalue weighted by atomic mass is 10.3. The second-order valence-electron chi connectivity index (χ2n) is 3.80. The van der Waals surface area contributed by atoms with E-state index in [0.29, 0.717) is 10.8 Å². The molecule has 0 fully saturated rings. The van der Waals surface area contributed by atoms with Gasteiger partial charge in [-0.2, -0.15) is 0 Å². The summed E-state index contributed by atoms with van der Waals surface area (Å²) in [6.45, 7) is 2.06. The molecular weight excluding hydrogens is 254 g/mol. The first-order valence-corrected chi connectivity index (χ1v) is 5.92. The first kappa shape index (κ1) is 12.6. The van der Waals surface area contributed by atoms with Crippen LogP contribution in [-0.2, 0) is 6.42 Å². The molecule has 1 N–H and O–H groups in total. The number of carboxylic acid groups (broad SMARTS) is 1. The van der Waals surface area contributed by atoms with E-state index in [1.807, 2.05) is 0 Å². The van der Waals surface area contributed by atoms with Crippen molar-refractivity contribution in [3.63, 3.8) is 0 Å². The normalized spacial score (nSPS) is 10.6. The predicted molar refractivity (Wildman–Crippen MR) is 67.3 cm³/mol. The summed E-state index contributed by atoms with van der Waals surface area (Å²) in [5.74, 6) is 0.313. The number of carbonyl (C=O) groups is 1. The highest BCUT2D eigenvalue weighted by atomic mass is 35.5. The van der Waals surface area contributed by atoms with Gasteiger partial charge in [0.2, 0.25) is 0 Å². The van der Waals surface area contributed by atoms with Crippen LogP contribution in [0.15, 0.2) is 24.7 Å². The van der Waals surface area contributed by atoms with Gasteiger partial charge in [0, 0.05) is 25.0 Å². The zero-order valence-corrected chi connectivity index (χ0v) is 10.6. The molecule has 0 aromatic carbocycles. The number of hydrogen-bond acceptors (Lipinski definition) is 3. The van der Waals surface area contributed by atoms with E-state index in [9.17, 15) is 4.79 Å². The molecule has 0 aliphatic rings. The molecule has 94 valence electrons. The van der Waals surface area contributed by atoms with Crippen LogP contribution in [0.4, 0.5) is 0 Å². The van der Waals surface area contributed by atoms with Gasteiger partial charge in [0.1, 0.15) is 5.82 Å². The highest BCUT2D eigenvalue weighted by molar-refractivity contribution is 6.32. The Kier molecular flexibility index (Phi) is 3.62. The number of aromatic nitrogens is 3. The summed E-state index contributed by atoms with van der Waals surface area (Å²) in [5, 5.41) is 9.15. The minimum Gasteiger partial charge on any atom is -0.478 e. The number of carboxylic acids is 1. The number of halogens is 1. The molecule has 0 aliphatic carbocycles. The standard InChI is InChI=1S/C12H12ClN3O2/c1-2-3-10-14-4-5-16(10)11-9(13)6-8(7-15-11)12(17)18/h4-7H,2-3H2,1H3,(H,17,18). The van der Waals surface area contributed by atoms with Crippen LogP contribution in [-0.4, -0.2) is 25.6 Å². The van der Waals surface area contributed by atoms with Gasteiger partial charge in [0.05, 0.1) is 10.6 Å². The fraction of sp³-hybridized carbons (Fsp3) is 0.250. The van der Waals surface area contributed by atoms with Gasteiger partial charge in [-0.3, -0.25) is 4.57 Å². The Balaban J connectivity index is 2.44. The molecule has 0 saturated heterocycles. The molecule has 0 saturated carbocycles. The largest absolute Gasteiger partial charge is 0.478 e. The van der Waals surface area contributed by atoms with E-state index in [1.54, 1.807) is 17.0 Å². The van der Waals surface area contributed by atoms with Gasteiger partial charge in [-0.1, -0.05) is 18.5 Å². The van der Waals surface area contributed by atoms with Gasteiger partial charge in [-0.25, -0.2) is 14.8 Å². The fourth-order valence-corrected chi connectivity index (χ4v) is 1.92. The fourth-order valence-electron chi connectivity index (χ4n) is 1.66. The summed E-state index contributed by atoms with van der Waals surface area (Å²) in [4.78, 5) is 19.1. The summed E-state index contributed by atoms with van der Waals surface area (Å²) in [5.41, 5.74) is 0.0703. The van der Waals surface area contributed by atoms with Crippen LogP contribution < -0.4 is 0 Å². The van der Waals surface area contributed by atoms with Gasteiger partial charge in [-0.05, 0) is 12.5 Å². The number of aryl methyl sites for hydroxylation is 1. The van der Waals surface area contributed by atoms with Crippen LogP contribution in [0.5, 0.6) is 0 Å². The molecule has 0 spiro atoms. The summed E-state index contributed by atoms with van der Waals surface area (Å²) < 4.78 is 1.78. The molecule has 5 nitrogen and oxygen atoms in total. The molecule has 0 bridgehead atoms. The Morgan fingerprint density at radius 3 is 2.89 bits per heavy atom. The van der Waals surface area contributed by atoms with Crippen molar-refractivity contribution in [3.8, 4) is 5.82 Å². The van der Waals surface area contributed by atoms with Crippen LogP contribution in [0.2, 0.25) is 5.02 Å². The molecule has 2 heterocycles. The molecule has 6 heteroatoms. The Bertz CT molecular complexity index is 580. The zero-order chi connectivity index (χ0) is 13.1. The summed E-state index contributed by atoms with van der Waals surface area (Å²) in [7, 11) is 0. The smallest absolute Gasteiger partial charge is 0.337 e. The molecule has 0 amide bonds. The minimum absolute atomic E-state index is 0.0703. The lowest BCUT2D eigenvalue weighted by molar-refractivity contribution is 0.0696. The average molecular weight is 266 g/mol. The summed E-state index contributed by atoms with van der Waals surface area (Å²) in [6, 6.07) is 1.39. The minimum atomic E-state index is -1.05. The highest BCUT2D eigenvalue weighted by Crippen LogP contribution is 2.21. The molecule has 0 radical (unpaired) electrons. The Morgan fingerprint density at radius 2 is 2.28 bits per heavy atom. The first-order valence-electron chi connectivity index (χ1n) is 5.55. The van der Waals surface area contributed by atoms with E-state index in [1.165, 1.54) is 12.3 Å². The Hall–Kier alpha value is -1.88. The van der Waals surface area contributed by atoms with Crippen LogP contribution in [0.3, 0.4) is 0 Å². The van der Waals surface area contributed by atoms with E-state index >= 15 is 0 Å². The number of imidazole rings is 1. The Labute approximate surface area is 109 Å². The van der Waals surface area contributed by atoms with Crippen LogP contribution in [0.1, 0.15) is 29.5 Å². The number of rotatable bonds is 4. The number of pyridine rings is 1. The Morgan fingerprint density at radius 1 is 1.50 bits per heavy atom. The quantitative estimate of drug-likeness (QED) is 0.922. The van der Waals surface area contributed by atoms with E-state index in [4.69, 9.17) is 16.7 Å². The van der Waals surface area contributed by atoms with Crippen LogP contribution >= 0.6 is 11.6 Å². The second-order valence-corrected chi connectivity index (χ2v) is 4.21. The van der Waals surface area contributed by atoms with Crippen molar-refractivity contribution in [1.82, 2.24) is 14.5 Å².